The number of hydrogen-bond acceptors (Lipinski definition) is 7. The maximum absolute atomic E-state index is 12.2. The van der Waals surface area contributed by atoms with Gasteiger partial charge in [-0.2, -0.15) is 0 Å². The van der Waals surface area contributed by atoms with Gasteiger partial charge in [0.25, 0.3) is 5.91 Å². The van der Waals surface area contributed by atoms with Gasteiger partial charge in [-0.3, -0.25) is 4.79 Å². The third kappa shape index (κ3) is 3.38. The lowest BCUT2D eigenvalue weighted by atomic mass is 9.95. The number of nitrogens with zero attached hydrogens (tertiary/aromatic N) is 4. The van der Waals surface area contributed by atoms with E-state index in [2.05, 4.69) is 27.1 Å². The van der Waals surface area contributed by atoms with Crippen LogP contribution in [-0.2, 0) is 4.79 Å². The highest BCUT2D eigenvalue weighted by atomic mass is 16.3. The molecular formula is C23H22N6O2. The quantitative estimate of drug-likeness (QED) is 0.540. The molecule has 0 radical (unpaired) electrons. The second-order valence-electron chi connectivity index (χ2n) is 8.02. The van der Waals surface area contributed by atoms with Gasteiger partial charge in [0, 0.05) is 37.2 Å². The Morgan fingerprint density at radius 2 is 2.13 bits per heavy atom. The van der Waals surface area contributed by atoms with E-state index in [0.29, 0.717) is 29.9 Å². The van der Waals surface area contributed by atoms with Crippen LogP contribution in [0.2, 0.25) is 0 Å². The third-order valence-corrected chi connectivity index (χ3v) is 5.93. The summed E-state index contributed by atoms with van der Waals surface area (Å²) in [6.07, 6.45) is 2.79. The zero-order valence-corrected chi connectivity index (χ0v) is 17.1. The van der Waals surface area contributed by atoms with E-state index in [1.54, 1.807) is 7.05 Å². The Hall–Kier alpha value is -3.54. The van der Waals surface area contributed by atoms with Gasteiger partial charge >= 0.3 is 0 Å². The molecule has 0 spiro atoms. The van der Waals surface area contributed by atoms with Gasteiger partial charge in [-0.15, -0.1) is 0 Å². The molecule has 2 atom stereocenters. The van der Waals surface area contributed by atoms with Crippen LogP contribution in [0.1, 0.15) is 30.0 Å². The average molecular weight is 414 g/mol. The molecule has 2 saturated heterocycles. The first kappa shape index (κ1) is 19.4. The fourth-order valence-electron chi connectivity index (χ4n) is 3.95. The van der Waals surface area contributed by atoms with Crippen LogP contribution in [0.5, 0.6) is 0 Å². The van der Waals surface area contributed by atoms with Crippen molar-refractivity contribution >= 4 is 22.8 Å². The van der Waals surface area contributed by atoms with Gasteiger partial charge in [0.1, 0.15) is 11.8 Å². The highest BCUT2D eigenvalue weighted by molar-refractivity contribution is 5.91. The van der Waals surface area contributed by atoms with Crippen LogP contribution < -0.4 is 11.1 Å². The first-order chi connectivity index (χ1) is 14.9. The number of nitrogens with two attached hydrogens (primary N) is 1. The summed E-state index contributed by atoms with van der Waals surface area (Å²) in [4.78, 5) is 26.9. The number of anilines is 1. The molecule has 8 nitrogen and oxygen atoms in total. The van der Waals surface area contributed by atoms with E-state index in [9.17, 15) is 9.90 Å². The normalized spacial score (nSPS) is 22.8. The number of aliphatic hydroxyl groups is 1. The molecule has 31 heavy (non-hydrogen) atoms. The Balaban J connectivity index is 1.56. The maximum atomic E-state index is 12.2. The summed E-state index contributed by atoms with van der Waals surface area (Å²) in [6, 6.07) is 9.80. The fourth-order valence-corrected chi connectivity index (χ4v) is 3.95. The lowest BCUT2D eigenvalue weighted by Gasteiger charge is -2.29. The molecule has 0 aliphatic carbocycles. The van der Waals surface area contributed by atoms with Gasteiger partial charge in [0.2, 0.25) is 5.60 Å². The molecule has 0 saturated carbocycles. The minimum absolute atomic E-state index is 0.209. The molecule has 2 aliphatic rings. The van der Waals surface area contributed by atoms with Crippen LogP contribution in [0.15, 0.2) is 36.7 Å². The van der Waals surface area contributed by atoms with Gasteiger partial charge < -0.3 is 21.1 Å². The smallest absolute Gasteiger partial charge is 0.267 e. The van der Waals surface area contributed by atoms with Gasteiger partial charge in [0.05, 0.1) is 11.2 Å². The molecule has 156 valence electrons. The molecule has 8 heteroatoms. The third-order valence-electron chi connectivity index (χ3n) is 5.93. The van der Waals surface area contributed by atoms with Crippen molar-refractivity contribution in [3.63, 3.8) is 0 Å². The predicted octanol–water partition coefficient (Wildman–Crippen LogP) is 1.25. The number of nitrogen functional groups attached to an aromatic ring is 1. The number of carbonyl (C=O) groups excluding carboxylic acids is 1. The predicted molar refractivity (Wildman–Crippen MR) is 117 cm³/mol. The summed E-state index contributed by atoms with van der Waals surface area (Å²) in [7, 11) is 1.66. The zero-order chi connectivity index (χ0) is 21.6. The van der Waals surface area contributed by atoms with Crippen molar-refractivity contribution in [1.82, 2.24) is 25.2 Å². The lowest BCUT2D eigenvalue weighted by Crippen LogP contribution is -2.37. The van der Waals surface area contributed by atoms with Gasteiger partial charge in [-0.1, -0.05) is 24.0 Å². The van der Waals surface area contributed by atoms with Crippen LogP contribution in [0.4, 0.5) is 5.82 Å². The van der Waals surface area contributed by atoms with Gasteiger partial charge in [-0.25, -0.2) is 15.0 Å². The first-order valence-corrected chi connectivity index (χ1v) is 10.2. The SMILES string of the molecule is CN1CC[C@@](O)(C#Cc2cccc(-c3cc(C4CCN4)c4ncnc(N)c4n3)c2)C1=O. The molecule has 1 aromatic carbocycles. The number of likely N-dealkylation sites (N-methyl/N-ethyl adjacent to an activating group) is 1. The summed E-state index contributed by atoms with van der Waals surface area (Å²) < 4.78 is 0. The molecule has 3 aromatic rings. The molecule has 0 bridgehead atoms. The number of amides is 1. The van der Waals surface area contributed by atoms with Crippen molar-refractivity contribution in [2.45, 2.75) is 24.5 Å². The number of fused-ring (bicyclic) bond motifs is 1. The second-order valence-corrected chi connectivity index (χ2v) is 8.02. The van der Waals surface area contributed by atoms with E-state index < -0.39 is 5.60 Å². The van der Waals surface area contributed by atoms with Crippen LogP contribution in [0, 0.1) is 11.8 Å². The molecule has 1 unspecified atom stereocenters. The van der Waals surface area contributed by atoms with Crippen LogP contribution in [0.25, 0.3) is 22.3 Å². The van der Waals surface area contributed by atoms with E-state index in [-0.39, 0.29) is 11.9 Å². The van der Waals surface area contributed by atoms with E-state index in [4.69, 9.17) is 10.7 Å². The zero-order valence-electron chi connectivity index (χ0n) is 17.1. The van der Waals surface area contributed by atoms with E-state index in [1.807, 2.05) is 30.3 Å². The molecule has 1 amide bonds. The minimum atomic E-state index is -1.62. The summed E-state index contributed by atoms with van der Waals surface area (Å²) in [5, 5.41) is 14.0. The van der Waals surface area contributed by atoms with Crippen molar-refractivity contribution in [1.29, 1.82) is 0 Å². The number of carbonyl (C=O) groups is 1. The van der Waals surface area contributed by atoms with Crippen molar-refractivity contribution in [3.8, 4) is 23.1 Å². The van der Waals surface area contributed by atoms with Crippen LogP contribution >= 0.6 is 0 Å². The molecule has 4 heterocycles. The van der Waals surface area contributed by atoms with Gasteiger partial charge in [-0.05, 0) is 36.7 Å². The Morgan fingerprint density at radius 3 is 2.84 bits per heavy atom. The van der Waals surface area contributed by atoms with Crippen molar-refractivity contribution in [2.75, 3.05) is 25.9 Å². The second kappa shape index (κ2) is 7.30. The summed E-state index contributed by atoms with van der Waals surface area (Å²) >= 11 is 0. The monoisotopic (exact) mass is 414 g/mol. The van der Waals surface area contributed by atoms with Crippen molar-refractivity contribution in [3.05, 3.63) is 47.8 Å². The van der Waals surface area contributed by atoms with Gasteiger partial charge in [0.15, 0.2) is 5.82 Å². The average Bonchev–Trinajstić information content (AvgIpc) is 3.00. The highest BCUT2D eigenvalue weighted by Gasteiger charge is 2.42. The minimum Gasteiger partial charge on any atom is -0.382 e. The fraction of sp³-hybridized carbons (Fsp3) is 0.304. The maximum Gasteiger partial charge on any atom is 0.267 e. The Kier molecular flexibility index (Phi) is 4.58. The van der Waals surface area contributed by atoms with Crippen molar-refractivity contribution < 1.29 is 9.90 Å². The molecule has 2 aromatic heterocycles. The molecule has 2 fully saturated rings. The number of pyridine rings is 1. The van der Waals surface area contributed by atoms with Crippen molar-refractivity contribution in [2.24, 2.45) is 0 Å². The number of hydrogen-bond donors (Lipinski definition) is 3. The summed E-state index contributed by atoms with van der Waals surface area (Å²) in [5.74, 6) is 5.70. The number of benzene rings is 1. The largest absolute Gasteiger partial charge is 0.382 e. The number of likely N-dealkylation sites (tertiary alicyclic amines) is 1. The van der Waals surface area contributed by atoms with E-state index >= 15 is 0 Å². The Labute approximate surface area is 179 Å². The summed E-state index contributed by atoms with van der Waals surface area (Å²) in [5.41, 5.74) is 9.16. The summed E-state index contributed by atoms with van der Waals surface area (Å²) in [6.45, 7) is 1.46. The number of rotatable bonds is 2. The highest BCUT2D eigenvalue weighted by Crippen LogP contribution is 2.33. The van der Waals surface area contributed by atoms with Crippen LogP contribution in [0.3, 0.4) is 0 Å². The first-order valence-electron chi connectivity index (χ1n) is 10.2. The van der Waals surface area contributed by atoms with E-state index in [1.165, 1.54) is 11.2 Å². The Bertz CT molecular complexity index is 1260. The molecular weight excluding hydrogens is 392 g/mol. The number of aromatic nitrogens is 3. The number of nitrogens with one attached hydrogen (secondary N) is 1. The van der Waals surface area contributed by atoms with Crippen LogP contribution in [-0.4, -0.2) is 56.6 Å². The molecule has 4 N–H and O–H groups in total. The lowest BCUT2D eigenvalue weighted by molar-refractivity contribution is -0.137. The standard InChI is InChI=1S/C23H22N6O2/c1-29-10-8-23(31,22(29)30)7-5-14-3-2-4-15(11-14)18-12-16(17-6-9-25-17)19-20(28-18)21(24)27-13-26-19/h2-4,11-13,17,25,31H,6,8-10H2,1H3,(H2,24,26,27)/t17?,23-/m0/s1. The molecule has 2 aliphatic heterocycles. The van der Waals surface area contributed by atoms with E-state index in [0.717, 1.165) is 35.3 Å². The topological polar surface area (TPSA) is 117 Å². The Morgan fingerprint density at radius 1 is 1.29 bits per heavy atom. The molecule has 5 rings (SSSR count).